The van der Waals surface area contributed by atoms with Gasteiger partial charge in [-0.15, -0.1) is 0 Å². The molecule has 1 aliphatic carbocycles. The third-order valence-corrected chi connectivity index (χ3v) is 2.17. The predicted molar refractivity (Wildman–Crippen MR) is 50.9 cm³/mol. The van der Waals surface area contributed by atoms with E-state index >= 15 is 0 Å². The van der Waals surface area contributed by atoms with Crippen LogP contribution >= 0.6 is 0 Å². The first-order valence-electron chi connectivity index (χ1n) is 4.70. The molecule has 0 N–H and O–H groups in total. The highest BCUT2D eigenvalue weighted by Crippen LogP contribution is 2.17. The maximum atomic E-state index is 11.1. The quantitative estimate of drug-likeness (QED) is 0.626. The van der Waals surface area contributed by atoms with Crippen LogP contribution in [-0.2, 0) is 4.79 Å². The Morgan fingerprint density at radius 3 is 3.08 bits per heavy atom. The summed E-state index contributed by atoms with van der Waals surface area (Å²) in [5, 5.41) is 0. The number of allylic oxidation sites excluding steroid dienone is 4. The van der Waals surface area contributed by atoms with Crippen molar-refractivity contribution in [1.29, 1.82) is 0 Å². The first kappa shape index (κ1) is 9.24. The highest BCUT2D eigenvalue weighted by Gasteiger charge is 2.09. The molecule has 1 aliphatic rings. The molecule has 0 saturated heterocycles. The summed E-state index contributed by atoms with van der Waals surface area (Å²) in [5.74, 6) is 0.744. The van der Waals surface area contributed by atoms with Gasteiger partial charge in [0.05, 0.1) is 0 Å². The van der Waals surface area contributed by atoms with E-state index in [-0.39, 0.29) is 5.78 Å². The van der Waals surface area contributed by atoms with Gasteiger partial charge in [-0.3, -0.25) is 4.79 Å². The molecule has 0 saturated carbocycles. The van der Waals surface area contributed by atoms with Crippen LogP contribution in [0.5, 0.6) is 0 Å². The monoisotopic (exact) mass is 164 g/mol. The van der Waals surface area contributed by atoms with Gasteiger partial charge in [0, 0.05) is 6.42 Å². The summed E-state index contributed by atoms with van der Waals surface area (Å²) in [7, 11) is 0. The summed E-state index contributed by atoms with van der Waals surface area (Å²) in [6, 6.07) is 0. The van der Waals surface area contributed by atoms with Crippen LogP contribution in [-0.4, -0.2) is 5.78 Å². The number of carbonyl (C=O) groups excluding carboxylic acids is 1. The Morgan fingerprint density at radius 1 is 1.50 bits per heavy atom. The molecule has 0 aromatic heterocycles. The lowest BCUT2D eigenvalue weighted by Crippen LogP contribution is -2.02. The Labute approximate surface area is 74.2 Å². The number of rotatable bonds is 3. The van der Waals surface area contributed by atoms with Crippen LogP contribution in [0.15, 0.2) is 24.3 Å². The van der Waals surface area contributed by atoms with Gasteiger partial charge >= 0.3 is 0 Å². The molecule has 0 aromatic carbocycles. The molecule has 1 nitrogen and oxygen atoms in total. The van der Waals surface area contributed by atoms with E-state index in [9.17, 15) is 4.79 Å². The predicted octanol–water partition coefficient (Wildman–Crippen LogP) is 2.88. The van der Waals surface area contributed by atoms with Gasteiger partial charge in [0.2, 0.25) is 0 Å². The van der Waals surface area contributed by atoms with E-state index < -0.39 is 0 Å². The molecule has 0 fully saturated rings. The van der Waals surface area contributed by atoms with Crippen molar-refractivity contribution >= 4 is 5.78 Å². The van der Waals surface area contributed by atoms with Crippen LogP contribution in [0.2, 0.25) is 0 Å². The molecule has 0 bridgehead atoms. The molecule has 1 rings (SSSR count). The standard InChI is InChI=1S/C11H16O/c1-2-3-6-10-7-4-5-8-11(12)9-10/h4-5,7-8,10H,2-3,6,9H2,1H3. The molecule has 0 amide bonds. The van der Waals surface area contributed by atoms with Gasteiger partial charge in [0.25, 0.3) is 0 Å². The average Bonchev–Trinajstić information content (AvgIpc) is 2.26. The smallest absolute Gasteiger partial charge is 0.156 e. The molecule has 1 atom stereocenters. The first-order valence-corrected chi connectivity index (χ1v) is 4.70. The minimum atomic E-state index is 0.265. The Kier molecular flexibility index (Phi) is 3.78. The zero-order valence-electron chi connectivity index (χ0n) is 7.62. The fourth-order valence-corrected chi connectivity index (χ4v) is 1.44. The second-order valence-corrected chi connectivity index (χ2v) is 3.32. The summed E-state index contributed by atoms with van der Waals surface area (Å²) in [6.45, 7) is 2.18. The van der Waals surface area contributed by atoms with Crippen LogP contribution in [0.1, 0.15) is 32.6 Å². The fraction of sp³-hybridized carbons (Fsp3) is 0.545. The van der Waals surface area contributed by atoms with Crippen molar-refractivity contribution in [1.82, 2.24) is 0 Å². The van der Waals surface area contributed by atoms with Crippen molar-refractivity contribution in [3.63, 3.8) is 0 Å². The number of ketones is 1. The van der Waals surface area contributed by atoms with Gasteiger partial charge in [0.1, 0.15) is 0 Å². The van der Waals surface area contributed by atoms with Gasteiger partial charge in [-0.25, -0.2) is 0 Å². The van der Waals surface area contributed by atoms with Crippen molar-refractivity contribution < 1.29 is 4.79 Å². The fourth-order valence-electron chi connectivity index (χ4n) is 1.44. The molecule has 0 aromatic rings. The Morgan fingerprint density at radius 2 is 2.33 bits per heavy atom. The number of hydrogen-bond acceptors (Lipinski definition) is 1. The molecule has 66 valence electrons. The van der Waals surface area contributed by atoms with Crippen LogP contribution in [0.3, 0.4) is 0 Å². The Balaban J connectivity index is 2.39. The summed E-state index contributed by atoms with van der Waals surface area (Å²) >= 11 is 0. The van der Waals surface area contributed by atoms with Crippen molar-refractivity contribution in [3.8, 4) is 0 Å². The SMILES string of the molecule is CCCCC1C=CC=CC(=O)C1. The van der Waals surface area contributed by atoms with E-state index in [1.165, 1.54) is 12.8 Å². The third-order valence-electron chi connectivity index (χ3n) is 2.17. The Bertz CT molecular complexity index is 201. The van der Waals surface area contributed by atoms with E-state index in [0.29, 0.717) is 12.3 Å². The van der Waals surface area contributed by atoms with E-state index in [1.54, 1.807) is 6.08 Å². The van der Waals surface area contributed by atoms with E-state index in [2.05, 4.69) is 13.0 Å². The van der Waals surface area contributed by atoms with Crippen molar-refractivity contribution in [2.24, 2.45) is 5.92 Å². The molecule has 0 radical (unpaired) electrons. The molecular weight excluding hydrogens is 148 g/mol. The Hall–Kier alpha value is -0.850. The molecule has 12 heavy (non-hydrogen) atoms. The summed E-state index contributed by atoms with van der Waals surface area (Å²) in [5.41, 5.74) is 0. The van der Waals surface area contributed by atoms with Crippen LogP contribution < -0.4 is 0 Å². The minimum Gasteiger partial charge on any atom is -0.295 e. The average molecular weight is 164 g/mol. The van der Waals surface area contributed by atoms with Crippen molar-refractivity contribution in [3.05, 3.63) is 24.3 Å². The second kappa shape index (κ2) is 4.91. The maximum absolute atomic E-state index is 11.1. The van der Waals surface area contributed by atoms with Gasteiger partial charge < -0.3 is 0 Å². The van der Waals surface area contributed by atoms with Crippen molar-refractivity contribution in [2.75, 3.05) is 0 Å². The molecular formula is C11H16O. The number of hydrogen-bond donors (Lipinski definition) is 0. The van der Waals surface area contributed by atoms with Crippen molar-refractivity contribution in [2.45, 2.75) is 32.6 Å². The van der Waals surface area contributed by atoms with Crippen LogP contribution in [0.25, 0.3) is 0 Å². The lowest BCUT2D eigenvalue weighted by molar-refractivity contribution is -0.115. The topological polar surface area (TPSA) is 17.1 Å². The number of unbranched alkanes of at least 4 members (excludes halogenated alkanes) is 1. The highest BCUT2D eigenvalue weighted by molar-refractivity contribution is 5.90. The zero-order chi connectivity index (χ0) is 8.81. The van der Waals surface area contributed by atoms with Gasteiger partial charge in [-0.1, -0.05) is 38.0 Å². The second-order valence-electron chi connectivity index (χ2n) is 3.32. The summed E-state index contributed by atoms with van der Waals surface area (Å²) in [6.07, 6.45) is 11.9. The largest absolute Gasteiger partial charge is 0.295 e. The normalized spacial score (nSPS) is 22.8. The van der Waals surface area contributed by atoms with E-state index in [1.807, 2.05) is 12.2 Å². The molecule has 0 spiro atoms. The summed E-state index contributed by atoms with van der Waals surface area (Å²) < 4.78 is 0. The maximum Gasteiger partial charge on any atom is 0.156 e. The van der Waals surface area contributed by atoms with E-state index in [0.717, 1.165) is 6.42 Å². The van der Waals surface area contributed by atoms with Gasteiger partial charge in [-0.05, 0) is 18.4 Å². The van der Waals surface area contributed by atoms with Gasteiger partial charge in [0.15, 0.2) is 5.78 Å². The molecule has 1 unspecified atom stereocenters. The lowest BCUT2D eigenvalue weighted by atomic mass is 9.97. The zero-order valence-corrected chi connectivity index (χ0v) is 7.62. The summed E-state index contributed by atoms with van der Waals surface area (Å²) in [4.78, 5) is 11.1. The minimum absolute atomic E-state index is 0.265. The molecule has 0 heterocycles. The first-order chi connectivity index (χ1) is 5.83. The van der Waals surface area contributed by atoms with E-state index in [4.69, 9.17) is 0 Å². The lowest BCUT2D eigenvalue weighted by Gasteiger charge is -2.07. The van der Waals surface area contributed by atoms with Crippen LogP contribution in [0.4, 0.5) is 0 Å². The van der Waals surface area contributed by atoms with Crippen LogP contribution in [0, 0.1) is 5.92 Å². The highest BCUT2D eigenvalue weighted by atomic mass is 16.1. The molecule has 0 aliphatic heterocycles. The third kappa shape index (κ3) is 3.04. The van der Waals surface area contributed by atoms with Gasteiger partial charge in [-0.2, -0.15) is 0 Å². The molecule has 1 heteroatoms. The number of carbonyl (C=O) groups is 1.